The van der Waals surface area contributed by atoms with E-state index in [1.807, 2.05) is 12.2 Å². The molecule has 0 nitrogen and oxygen atoms in total. The zero-order chi connectivity index (χ0) is 10.7. The molecule has 0 N–H and O–H groups in total. The molecule has 0 aliphatic heterocycles. The summed E-state index contributed by atoms with van der Waals surface area (Å²) in [7, 11) is 0. The first-order chi connectivity index (χ1) is 6.60. The Hall–Kier alpha value is -1.30. The molecule has 0 aliphatic carbocycles. The molecule has 0 unspecified atom stereocenters. The number of hydrogen-bond acceptors (Lipinski definition) is 0. The highest BCUT2D eigenvalue weighted by Crippen LogP contribution is 2.26. The van der Waals surface area contributed by atoms with Gasteiger partial charge in [-0.1, -0.05) is 79.1 Å². The Morgan fingerprint density at radius 2 is 1.53 bits per heavy atom. The topological polar surface area (TPSA) is 0 Å². The Balaban J connectivity index is -0.000000653. The zero-order valence-corrected chi connectivity index (χ0v) is 9.30. The second-order valence-corrected chi connectivity index (χ2v) is 3.92. The van der Waals surface area contributed by atoms with Crippen molar-refractivity contribution in [2.24, 2.45) is 0 Å². The summed E-state index contributed by atoms with van der Waals surface area (Å²) in [6.45, 7) is 14.2. The SMILES string of the molecule is C.C.C.C=Cc1cc(C)cc(C(C)C)c1C=C. The molecule has 0 heteroatoms. The Labute approximate surface area is 109 Å². The summed E-state index contributed by atoms with van der Waals surface area (Å²) in [4.78, 5) is 0. The van der Waals surface area contributed by atoms with Gasteiger partial charge in [0.2, 0.25) is 0 Å². The molecule has 0 amide bonds. The van der Waals surface area contributed by atoms with Crippen molar-refractivity contribution >= 4 is 12.2 Å². The van der Waals surface area contributed by atoms with Crippen LogP contribution in [0.25, 0.3) is 12.2 Å². The molecule has 0 saturated heterocycles. The summed E-state index contributed by atoms with van der Waals surface area (Å²) in [6.07, 6.45) is 3.82. The van der Waals surface area contributed by atoms with Crippen LogP contribution in [0.5, 0.6) is 0 Å². The van der Waals surface area contributed by atoms with E-state index in [2.05, 4.69) is 46.1 Å². The lowest BCUT2D eigenvalue weighted by Crippen LogP contribution is -1.95. The third kappa shape index (κ3) is 4.60. The predicted molar refractivity (Wildman–Crippen MR) is 85.6 cm³/mol. The Bertz CT molecular complexity index is 357. The molecule has 0 aromatic heterocycles. The van der Waals surface area contributed by atoms with Gasteiger partial charge in [0.1, 0.15) is 0 Å². The van der Waals surface area contributed by atoms with Crippen molar-refractivity contribution in [1.29, 1.82) is 0 Å². The fraction of sp³-hybridized carbons (Fsp3) is 0.412. The van der Waals surface area contributed by atoms with Gasteiger partial charge in [-0.05, 0) is 29.5 Å². The molecule has 1 aromatic carbocycles. The van der Waals surface area contributed by atoms with Crippen molar-refractivity contribution < 1.29 is 0 Å². The molecule has 98 valence electrons. The molecule has 17 heavy (non-hydrogen) atoms. The van der Waals surface area contributed by atoms with Crippen LogP contribution >= 0.6 is 0 Å². The molecule has 0 saturated carbocycles. The van der Waals surface area contributed by atoms with Crippen molar-refractivity contribution in [3.63, 3.8) is 0 Å². The van der Waals surface area contributed by atoms with Gasteiger partial charge in [-0.2, -0.15) is 0 Å². The molecule has 1 rings (SSSR count). The minimum atomic E-state index is 0. The van der Waals surface area contributed by atoms with E-state index < -0.39 is 0 Å². The van der Waals surface area contributed by atoms with Crippen molar-refractivity contribution in [2.45, 2.75) is 49.0 Å². The van der Waals surface area contributed by atoms with Crippen LogP contribution in [0.3, 0.4) is 0 Å². The third-order valence-electron chi connectivity index (χ3n) is 2.43. The summed E-state index contributed by atoms with van der Waals surface area (Å²) in [5.41, 5.74) is 5.05. The maximum Gasteiger partial charge on any atom is -0.0155 e. The fourth-order valence-corrected chi connectivity index (χ4v) is 1.74. The van der Waals surface area contributed by atoms with Crippen LogP contribution in [0, 0.1) is 6.92 Å². The van der Waals surface area contributed by atoms with Crippen LogP contribution in [-0.2, 0) is 0 Å². The first-order valence-corrected chi connectivity index (χ1v) is 4.99. The Morgan fingerprint density at radius 3 is 1.88 bits per heavy atom. The number of aryl methyl sites for hydroxylation is 1. The van der Waals surface area contributed by atoms with Crippen molar-refractivity contribution in [3.8, 4) is 0 Å². The maximum atomic E-state index is 3.86. The van der Waals surface area contributed by atoms with E-state index in [4.69, 9.17) is 0 Å². The molecule has 0 bridgehead atoms. The number of benzene rings is 1. The van der Waals surface area contributed by atoms with Crippen molar-refractivity contribution in [1.82, 2.24) is 0 Å². The average molecular weight is 234 g/mol. The van der Waals surface area contributed by atoms with Gasteiger partial charge in [-0.25, -0.2) is 0 Å². The Kier molecular flexibility index (Phi) is 10.9. The van der Waals surface area contributed by atoms with Gasteiger partial charge in [0.05, 0.1) is 0 Å². The monoisotopic (exact) mass is 234 g/mol. The van der Waals surface area contributed by atoms with Crippen molar-refractivity contribution in [3.05, 3.63) is 47.5 Å². The van der Waals surface area contributed by atoms with Gasteiger partial charge in [0.15, 0.2) is 0 Å². The normalized spacial score (nSPS) is 8.47. The van der Waals surface area contributed by atoms with Crippen LogP contribution in [0.2, 0.25) is 0 Å². The van der Waals surface area contributed by atoms with E-state index in [1.54, 1.807) is 0 Å². The van der Waals surface area contributed by atoms with E-state index in [-0.39, 0.29) is 22.3 Å². The quantitative estimate of drug-likeness (QED) is 0.574. The van der Waals surface area contributed by atoms with Gasteiger partial charge in [-0.15, -0.1) is 0 Å². The van der Waals surface area contributed by atoms with E-state index in [0.717, 1.165) is 0 Å². The molecule has 0 radical (unpaired) electrons. The lowest BCUT2D eigenvalue weighted by molar-refractivity contribution is 0.861. The van der Waals surface area contributed by atoms with E-state index in [9.17, 15) is 0 Å². The lowest BCUT2D eigenvalue weighted by atomic mass is 9.91. The summed E-state index contributed by atoms with van der Waals surface area (Å²) in [6, 6.07) is 4.38. The van der Waals surface area contributed by atoms with Gasteiger partial charge >= 0.3 is 0 Å². The molecule has 0 aliphatic rings. The first-order valence-electron chi connectivity index (χ1n) is 4.99. The molecule has 1 aromatic rings. The molecular weight excluding hydrogens is 204 g/mol. The number of rotatable bonds is 3. The van der Waals surface area contributed by atoms with Gasteiger partial charge < -0.3 is 0 Å². The second kappa shape index (κ2) is 8.81. The average Bonchev–Trinajstić information content (AvgIpc) is 2.16. The van der Waals surface area contributed by atoms with Crippen LogP contribution < -0.4 is 0 Å². The molecule has 0 heterocycles. The summed E-state index contributed by atoms with van der Waals surface area (Å²) in [5, 5.41) is 0. The fourth-order valence-electron chi connectivity index (χ4n) is 1.74. The Morgan fingerprint density at radius 1 is 1.00 bits per heavy atom. The standard InChI is InChI=1S/C14H18.3CH4/c1-6-12-8-11(5)9-14(10(3)4)13(12)7-2;;;/h6-10H,1-2H2,3-5H3;3*1H4. The van der Waals surface area contributed by atoms with Crippen LogP contribution in [0.1, 0.15) is 64.3 Å². The smallest absolute Gasteiger partial charge is 0.0155 e. The highest BCUT2D eigenvalue weighted by atomic mass is 14.1. The van der Waals surface area contributed by atoms with Crippen LogP contribution in [-0.4, -0.2) is 0 Å². The lowest BCUT2D eigenvalue weighted by Gasteiger charge is -2.14. The summed E-state index contributed by atoms with van der Waals surface area (Å²) >= 11 is 0. The molecule has 0 atom stereocenters. The van der Waals surface area contributed by atoms with Gasteiger partial charge in [0.25, 0.3) is 0 Å². The highest BCUT2D eigenvalue weighted by Gasteiger charge is 2.07. The predicted octanol–water partition coefficient (Wildman–Crippen LogP) is 6.31. The second-order valence-electron chi connectivity index (χ2n) is 3.92. The minimum Gasteiger partial charge on any atom is -0.0984 e. The van der Waals surface area contributed by atoms with E-state index >= 15 is 0 Å². The molecule has 0 fully saturated rings. The van der Waals surface area contributed by atoms with Gasteiger partial charge in [-0.3, -0.25) is 0 Å². The van der Waals surface area contributed by atoms with Gasteiger partial charge in [0, 0.05) is 0 Å². The van der Waals surface area contributed by atoms with Crippen LogP contribution in [0.15, 0.2) is 25.3 Å². The largest absolute Gasteiger partial charge is 0.0984 e. The summed E-state index contributed by atoms with van der Waals surface area (Å²) < 4.78 is 0. The molecule has 0 spiro atoms. The number of hydrogen-bond donors (Lipinski definition) is 0. The minimum absolute atomic E-state index is 0. The zero-order valence-electron chi connectivity index (χ0n) is 9.30. The first kappa shape index (κ1) is 21.0. The van der Waals surface area contributed by atoms with Crippen molar-refractivity contribution in [2.75, 3.05) is 0 Å². The third-order valence-corrected chi connectivity index (χ3v) is 2.43. The molecular formula is C17H30. The maximum absolute atomic E-state index is 3.86. The highest BCUT2D eigenvalue weighted by molar-refractivity contribution is 5.67. The van der Waals surface area contributed by atoms with Crippen LogP contribution in [0.4, 0.5) is 0 Å². The summed E-state index contributed by atoms with van der Waals surface area (Å²) in [5.74, 6) is 0.529. The van der Waals surface area contributed by atoms with E-state index in [1.165, 1.54) is 22.3 Å². The van der Waals surface area contributed by atoms with E-state index in [0.29, 0.717) is 5.92 Å².